The highest BCUT2D eigenvalue weighted by molar-refractivity contribution is 9.10. The van der Waals surface area contributed by atoms with Crippen molar-refractivity contribution in [1.82, 2.24) is 9.38 Å². The van der Waals surface area contributed by atoms with Crippen LogP contribution in [0.15, 0.2) is 34.9 Å². The molecule has 0 fully saturated rings. The van der Waals surface area contributed by atoms with E-state index in [4.69, 9.17) is 0 Å². The van der Waals surface area contributed by atoms with Crippen molar-refractivity contribution in [2.75, 3.05) is 5.32 Å². The number of hydrogen-bond acceptors (Lipinski definition) is 4. The molecule has 0 saturated carbocycles. The zero-order chi connectivity index (χ0) is 18.3. The first kappa shape index (κ1) is 17.1. The summed E-state index contributed by atoms with van der Waals surface area (Å²) in [4.78, 5) is 27.7. The fourth-order valence-corrected chi connectivity index (χ4v) is 3.30. The van der Waals surface area contributed by atoms with Gasteiger partial charge in [0.15, 0.2) is 5.65 Å². The van der Waals surface area contributed by atoms with Crippen molar-refractivity contribution in [2.24, 2.45) is 0 Å². The van der Waals surface area contributed by atoms with Crippen LogP contribution in [0.4, 0.5) is 11.4 Å². The molecule has 0 radical (unpaired) electrons. The highest BCUT2D eigenvalue weighted by Gasteiger charge is 2.20. The molecule has 128 valence electrons. The summed E-state index contributed by atoms with van der Waals surface area (Å²) in [6.45, 7) is 5.46. The number of nitro benzene ring substituents is 1. The Labute approximate surface area is 152 Å². The Morgan fingerprint density at radius 2 is 2.00 bits per heavy atom. The largest absolute Gasteiger partial charge is 0.320 e. The predicted octanol–water partition coefficient (Wildman–Crippen LogP) is 4.18. The number of aryl methyl sites for hydroxylation is 3. The van der Waals surface area contributed by atoms with Gasteiger partial charge in [0, 0.05) is 18.3 Å². The first-order chi connectivity index (χ1) is 11.8. The Morgan fingerprint density at radius 1 is 1.28 bits per heavy atom. The van der Waals surface area contributed by atoms with E-state index in [1.54, 1.807) is 24.3 Å². The van der Waals surface area contributed by atoms with E-state index in [0.717, 1.165) is 15.6 Å². The lowest BCUT2D eigenvalue weighted by molar-refractivity contribution is -0.384. The third-order valence-electron chi connectivity index (χ3n) is 3.88. The van der Waals surface area contributed by atoms with Gasteiger partial charge in [-0.05, 0) is 53.9 Å². The number of pyridine rings is 1. The molecular formula is C17H15BrN4O3. The summed E-state index contributed by atoms with van der Waals surface area (Å²) in [5.74, 6) is -0.369. The molecule has 0 bridgehead atoms. The Morgan fingerprint density at radius 3 is 2.68 bits per heavy atom. The SMILES string of the molecule is Cc1cc(Br)c2nc(C)c(C(=O)Nc3cc([N+](=O)[O-])ccc3C)n2c1. The molecule has 1 aromatic carbocycles. The highest BCUT2D eigenvalue weighted by atomic mass is 79.9. The van der Waals surface area contributed by atoms with Crippen molar-refractivity contribution in [1.29, 1.82) is 0 Å². The number of benzene rings is 1. The summed E-state index contributed by atoms with van der Waals surface area (Å²) in [7, 11) is 0. The van der Waals surface area contributed by atoms with Crippen molar-refractivity contribution in [2.45, 2.75) is 20.8 Å². The Bertz CT molecular complexity index is 1030. The third kappa shape index (κ3) is 3.12. The normalized spacial score (nSPS) is 10.9. The predicted molar refractivity (Wildman–Crippen MR) is 98.2 cm³/mol. The van der Waals surface area contributed by atoms with Crippen LogP contribution < -0.4 is 5.32 Å². The van der Waals surface area contributed by atoms with Gasteiger partial charge in [0.2, 0.25) is 0 Å². The van der Waals surface area contributed by atoms with E-state index >= 15 is 0 Å². The topological polar surface area (TPSA) is 89.5 Å². The minimum atomic E-state index is -0.491. The number of nitrogens with one attached hydrogen (secondary N) is 1. The van der Waals surface area contributed by atoms with Crippen LogP contribution in [-0.4, -0.2) is 20.2 Å². The summed E-state index contributed by atoms with van der Waals surface area (Å²) < 4.78 is 2.51. The number of aromatic nitrogens is 2. The van der Waals surface area contributed by atoms with Crippen molar-refractivity contribution in [3.63, 3.8) is 0 Å². The number of halogens is 1. The van der Waals surface area contributed by atoms with Gasteiger partial charge < -0.3 is 5.32 Å². The van der Waals surface area contributed by atoms with Crippen LogP contribution in [0.3, 0.4) is 0 Å². The van der Waals surface area contributed by atoms with E-state index in [9.17, 15) is 14.9 Å². The lowest BCUT2D eigenvalue weighted by Gasteiger charge is -2.09. The Kier molecular flexibility index (Phi) is 4.30. The molecule has 25 heavy (non-hydrogen) atoms. The van der Waals surface area contributed by atoms with Gasteiger partial charge in [0.25, 0.3) is 11.6 Å². The van der Waals surface area contributed by atoms with Crippen molar-refractivity contribution in [3.05, 3.63) is 67.6 Å². The summed E-state index contributed by atoms with van der Waals surface area (Å²) in [5.41, 5.74) is 3.65. The molecule has 7 nitrogen and oxygen atoms in total. The number of rotatable bonds is 3. The number of imidazole rings is 1. The van der Waals surface area contributed by atoms with Crippen LogP contribution in [0.25, 0.3) is 5.65 Å². The van der Waals surface area contributed by atoms with Gasteiger partial charge in [-0.1, -0.05) is 6.07 Å². The van der Waals surface area contributed by atoms with E-state index < -0.39 is 4.92 Å². The minimum Gasteiger partial charge on any atom is -0.320 e. The summed E-state index contributed by atoms with van der Waals surface area (Å²) in [6, 6.07) is 6.29. The summed E-state index contributed by atoms with van der Waals surface area (Å²) in [5, 5.41) is 13.7. The second-order valence-electron chi connectivity index (χ2n) is 5.82. The van der Waals surface area contributed by atoms with Crippen LogP contribution in [0.5, 0.6) is 0 Å². The fraction of sp³-hybridized carbons (Fsp3) is 0.176. The third-order valence-corrected chi connectivity index (χ3v) is 4.46. The van der Waals surface area contributed by atoms with Gasteiger partial charge >= 0.3 is 0 Å². The van der Waals surface area contributed by atoms with Gasteiger partial charge in [0.1, 0.15) is 5.69 Å². The second kappa shape index (κ2) is 6.29. The number of hydrogen-bond donors (Lipinski definition) is 1. The number of anilines is 1. The molecule has 3 rings (SSSR count). The minimum absolute atomic E-state index is 0.0747. The van der Waals surface area contributed by atoms with Gasteiger partial charge in [0.05, 0.1) is 20.8 Å². The van der Waals surface area contributed by atoms with E-state index in [1.807, 2.05) is 19.2 Å². The van der Waals surface area contributed by atoms with E-state index in [1.165, 1.54) is 12.1 Å². The zero-order valence-electron chi connectivity index (χ0n) is 13.8. The van der Waals surface area contributed by atoms with Gasteiger partial charge in [-0.3, -0.25) is 19.3 Å². The molecule has 0 unspecified atom stereocenters. The van der Waals surface area contributed by atoms with E-state index in [0.29, 0.717) is 22.7 Å². The van der Waals surface area contributed by atoms with Crippen LogP contribution in [0.2, 0.25) is 0 Å². The lowest BCUT2D eigenvalue weighted by Crippen LogP contribution is -2.16. The monoisotopic (exact) mass is 402 g/mol. The Balaban J connectivity index is 2.05. The van der Waals surface area contributed by atoms with Crippen LogP contribution in [0.1, 0.15) is 27.3 Å². The maximum absolute atomic E-state index is 12.8. The molecule has 0 saturated heterocycles. The molecule has 3 aromatic rings. The fourth-order valence-electron chi connectivity index (χ4n) is 2.66. The molecule has 8 heteroatoms. The maximum atomic E-state index is 12.8. The molecule has 0 atom stereocenters. The van der Waals surface area contributed by atoms with E-state index in [-0.39, 0.29) is 11.6 Å². The molecule has 0 spiro atoms. The van der Waals surface area contributed by atoms with Gasteiger partial charge in [-0.25, -0.2) is 4.98 Å². The number of carbonyl (C=O) groups is 1. The first-order valence-electron chi connectivity index (χ1n) is 7.49. The molecule has 0 aliphatic carbocycles. The number of carbonyl (C=O) groups excluding carboxylic acids is 1. The molecule has 1 N–H and O–H groups in total. The molecule has 0 aliphatic heterocycles. The first-order valence-corrected chi connectivity index (χ1v) is 8.28. The quantitative estimate of drug-likeness (QED) is 0.525. The number of nitro groups is 1. The maximum Gasteiger partial charge on any atom is 0.274 e. The van der Waals surface area contributed by atoms with Crippen molar-refractivity contribution < 1.29 is 9.72 Å². The van der Waals surface area contributed by atoms with Crippen LogP contribution in [0, 0.1) is 30.9 Å². The van der Waals surface area contributed by atoms with Crippen molar-refractivity contribution >= 4 is 38.9 Å². The number of fused-ring (bicyclic) bond motifs is 1. The van der Waals surface area contributed by atoms with Crippen LogP contribution in [-0.2, 0) is 0 Å². The lowest BCUT2D eigenvalue weighted by atomic mass is 10.1. The molecule has 1 amide bonds. The molecule has 2 heterocycles. The number of non-ortho nitro benzene ring substituents is 1. The van der Waals surface area contributed by atoms with Gasteiger partial charge in [-0.2, -0.15) is 0 Å². The van der Waals surface area contributed by atoms with E-state index in [2.05, 4.69) is 26.2 Å². The standard InChI is InChI=1S/C17H15BrN4O3/c1-9-6-13(18)16-19-11(3)15(21(16)8-9)17(23)20-14-7-12(22(24)25)5-4-10(14)2/h4-8H,1-3H3,(H,20,23). The smallest absolute Gasteiger partial charge is 0.274 e. The number of amides is 1. The number of nitrogens with zero attached hydrogens (tertiary/aromatic N) is 3. The average Bonchev–Trinajstić information content (AvgIpc) is 2.85. The zero-order valence-corrected chi connectivity index (χ0v) is 15.4. The molecule has 0 aliphatic rings. The highest BCUT2D eigenvalue weighted by Crippen LogP contribution is 2.25. The molecular weight excluding hydrogens is 388 g/mol. The van der Waals surface area contributed by atoms with Crippen LogP contribution >= 0.6 is 15.9 Å². The molecule has 2 aromatic heterocycles. The van der Waals surface area contributed by atoms with Gasteiger partial charge in [-0.15, -0.1) is 0 Å². The Hall–Kier alpha value is -2.74. The van der Waals surface area contributed by atoms with Crippen molar-refractivity contribution in [3.8, 4) is 0 Å². The summed E-state index contributed by atoms with van der Waals surface area (Å²) >= 11 is 3.46. The summed E-state index contributed by atoms with van der Waals surface area (Å²) in [6.07, 6.45) is 1.83. The second-order valence-corrected chi connectivity index (χ2v) is 6.67. The average molecular weight is 403 g/mol.